The van der Waals surface area contributed by atoms with Crippen molar-refractivity contribution in [3.63, 3.8) is 0 Å². The van der Waals surface area contributed by atoms with Crippen LogP contribution in [0.1, 0.15) is 226 Å². The summed E-state index contributed by atoms with van der Waals surface area (Å²) in [7, 11) is 0. The molecular formula is C52H90N2. The van der Waals surface area contributed by atoms with Crippen LogP contribution >= 0.6 is 0 Å². The van der Waals surface area contributed by atoms with Gasteiger partial charge in [0.1, 0.15) is 0 Å². The standard InChI is InChI=1S/C52H90N2/c1-4-14-40(41-16-8-6-9-17-41)19-13-34-53-49-32-28-44(36-47(37-49)50-20-11-12-21-52(50)53)45-29-33-51-46(35-45)18-10-5-7-15-39(3)54(51)48-30-26-43(27-31-48)42-24-22-38(2)23-25-42/h37-46,48-52H,4-36H2,1-3H3. The zero-order valence-electron chi connectivity index (χ0n) is 36.4. The van der Waals surface area contributed by atoms with E-state index >= 15 is 0 Å². The van der Waals surface area contributed by atoms with E-state index < -0.39 is 0 Å². The first-order valence-corrected chi connectivity index (χ1v) is 25.8. The Bertz CT molecular complexity index is 1140. The van der Waals surface area contributed by atoms with Gasteiger partial charge in [-0.15, -0.1) is 0 Å². The minimum Gasteiger partial charge on any atom is -0.294 e. The Morgan fingerprint density at radius 1 is 0.574 bits per heavy atom. The van der Waals surface area contributed by atoms with Gasteiger partial charge in [-0.25, -0.2) is 0 Å². The summed E-state index contributed by atoms with van der Waals surface area (Å²) in [5, 5.41) is 0. The molecule has 6 fully saturated rings. The average Bonchev–Trinajstić information content (AvgIpc) is 3.36. The second kappa shape index (κ2) is 19.6. The highest BCUT2D eigenvalue weighted by molar-refractivity contribution is 5.22. The van der Waals surface area contributed by atoms with Crippen molar-refractivity contribution >= 4 is 0 Å². The normalized spacial score (nSPS) is 42.7. The number of fused-ring (bicyclic) bond motifs is 4. The third kappa shape index (κ3) is 9.58. The zero-order chi connectivity index (χ0) is 36.9. The third-order valence-electron chi connectivity index (χ3n) is 18.9. The Balaban J connectivity index is 0.901. The fraction of sp³-hybridized carbons (Fsp3) is 0.962. The maximum absolute atomic E-state index is 3.26. The van der Waals surface area contributed by atoms with Gasteiger partial charge in [-0.3, -0.25) is 9.80 Å². The molecule has 2 bridgehead atoms. The summed E-state index contributed by atoms with van der Waals surface area (Å²) in [6.07, 6.45) is 51.2. The van der Waals surface area contributed by atoms with E-state index in [0.717, 1.165) is 83.5 Å². The molecule has 0 radical (unpaired) electrons. The van der Waals surface area contributed by atoms with E-state index in [-0.39, 0.29) is 0 Å². The van der Waals surface area contributed by atoms with Crippen LogP contribution < -0.4 is 0 Å². The first-order chi connectivity index (χ1) is 26.6. The highest BCUT2D eigenvalue weighted by atomic mass is 15.2. The molecule has 0 aromatic heterocycles. The highest BCUT2D eigenvalue weighted by Gasteiger charge is 2.46. The summed E-state index contributed by atoms with van der Waals surface area (Å²) in [5.74, 6) is 9.00. The van der Waals surface area contributed by atoms with Crippen LogP contribution in [-0.4, -0.2) is 46.6 Å². The van der Waals surface area contributed by atoms with Crippen molar-refractivity contribution in [1.82, 2.24) is 9.80 Å². The Morgan fingerprint density at radius 2 is 1.24 bits per heavy atom. The molecule has 6 aliphatic carbocycles. The number of hydrogen-bond acceptors (Lipinski definition) is 2. The van der Waals surface area contributed by atoms with Gasteiger partial charge in [-0.05, 0) is 182 Å². The Labute approximate surface area is 336 Å². The van der Waals surface area contributed by atoms with Crippen LogP contribution in [0.25, 0.3) is 0 Å². The van der Waals surface area contributed by atoms with E-state index in [0.29, 0.717) is 0 Å². The summed E-state index contributed by atoms with van der Waals surface area (Å²) < 4.78 is 0. The van der Waals surface area contributed by atoms with E-state index in [1.165, 1.54) is 173 Å². The van der Waals surface area contributed by atoms with E-state index in [1.54, 1.807) is 38.5 Å². The van der Waals surface area contributed by atoms with Gasteiger partial charge in [0.15, 0.2) is 0 Å². The lowest BCUT2D eigenvalue weighted by atomic mass is 9.66. The second-order valence-electron chi connectivity index (χ2n) is 22.1. The predicted octanol–water partition coefficient (Wildman–Crippen LogP) is 14.6. The quantitative estimate of drug-likeness (QED) is 0.206. The molecule has 5 saturated carbocycles. The van der Waals surface area contributed by atoms with Crippen molar-refractivity contribution in [3.8, 4) is 0 Å². The van der Waals surface area contributed by atoms with Crippen LogP contribution in [-0.2, 0) is 0 Å². The van der Waals surface area contributed by atoms with Gasteiger partial charge in [0.2, 0.25) is 0 Å². The first kappa shape index (κ1) is 40.4. The monoisotopic (exact) mass is 743 g/mol. The summed E-state index contributed by atoms with van der Waals surface area (Å²) in [5.41, 5.74) is 1.98. The van der Waals surface area contributed by atoms with Crippen molar-refractivity contribution in [2.45, 2.75) is 256 Å². The van der Waals surface area contributed by atoms with Gasteiger partial charge in [0.25, 0.3) is 0 Å². The van der Waals surface area contributed by atoms with Crippen LogP contribution in [0.2, 0.25) is 0 Å². The Kier molecular flexibility index (Phi) is 14.7. The summed E-state index contributed by atoms with van der Waals surface area (Å²) in [4.78, 5) is 6.41. The van der Waals surface area contributed by atoms with Crippen molar-refractivity contribution < 1.29 is 0 Å². The average molecular weight is 743 g/mol. The fourth-order valence-electron chi connectivity index (χ4n) is 15.9. The van der Waals surface area contributed by atoms with E-state index in [9.17, 15) is 0 Å². The topological polar surface area (TPSA) is 6.48 Å². The molecule has 0 aromatic rings. The summed E-state index contributed by atoms with van der Waals surface area (Å²) >= 11 is 0. The van der Waals surface area contributed by atoms with Crippen LogP contribution in [0.5, 0.6) is 0 Å². The SMILES string of the molecule is CCCC(CCCN1C2C=C(CC(C3CCC4C(CCCCCC(C)N4C4CCC(C5CCC(C)CC5)CC4)C3)CC2)C2CCCCC21)C1CCCCC1. The number of nitrogens with zero attached hydrogens (tertiary/aromatic N) is 2. The molecule has 8 rings (SSSR count). The molecule has 1 saturated heterocycles. The summed E-state index contributed by atoms with van der Waals surface area (Å²) in [6.45, 7) is 9.03. The third-order valence-corrected chi connectivity index (χ3v) is 18.9. The molecule has 2 heterocycles. The molecule has 0 amide bonds. The minimum atomic E-state index is 0.758. The molecule has 2 nitrogen and oxygen atoms in total. The maximum atomic E-state index is 3.26. The zero-order valence-corrected chi connectivity index (χ0v) is 36.4. The maximum Gasteiger partial charge on any atom is 0.0284 e. The smallest absolute Gasteiger partial charge is 0.0284 e. The molecule has 8 aliphatic rings. The Morgan fingerprint density at radius 3 is 2.02 bits per heavy atom. The van der Waals surface area contributed by atoms with Gasteiger partial charge in [0.05, 0.1) is 0 Å². The van der Waals surface area contributed by atoms with Crippen molar-refractivity contribution in [3.05, 3.63) is 11.6 Å². The van der Waals surface area contributed by atoms with Gasteiger partial charge in [-0.1, -0.05) is 115 Å². The molecule has 0 N–H and O–H groups in total. The molecular weight excluding hydrogens is 653 g/mol. The van der Waals surface area contributed by atoms with Gasteiger partial charge in [-0.2, -0.15) is 0 Å². The van der Waals surface area contributed by atoms with E-state index in [2.05, 4.69) is 36.6 Å². The van der Waals surface area contributed by atoms with Crippen LogP contribution in [0.15, 0.2) is 11.6 Å². The molecule has 0 aromatic carbocycles. The van der Waals surface area contributed by atoms with E-state index in [4.69, 9.17) is 0 Å². The van der Waals surface area contributed by atoms with Crippen LogP contribution in [0.4, 0.5) is 0 Å². The summed E-state index contributed by atoms with van der Waals surface area (Å²) in [6, 6.07) is 4.21. The van der Waals surface area contributed by atoms with Crippen molar-refractivity contribution in [1.29, 1.82) is 0 Å². The van der Waals surface area contributed by atoms with Crippen molar-refractivity contribution in [2.75, 3.05) is 6.54 Å². The second-order valence-corrected chi connectivity index (χ2v) is 22.1. The van der Waals surface area contributed by atoms with Crippen molar-refractivity contribution in [2.24, 2.45) is 53.3 Å². The van der Waals surface area contributed by atoms with Crippen LogP contribution in [0, 0.1) is 53.3 Å². The highest BCUT2D eigenvalue weighted by Crippen LogP contribution is 2.51. The van der Waals surface area contributed by atoms with Gasteiger partial charge < -0.3 is 0 Å². The molecule has 2 heteroatoms. The molecule has 9 atom stereocenters. The lowest BCUT2D eigenvalue weighted by molar-refractivity contribution is -0.0154. The Hall–Kier alpha value is -0.340. The van der Waals surface area contributed by atoms with Crippen LogP contribution in [0.3, 0.4) is 0 Å². The van der Waals surface area contributed by atoms with Gasteiger partial charge in [0, 0.05) is 30.2 Å². The number of rotatable bonds is 10. The van der Waals surface area contributed by atoms with Gasteiger partial charge >= 0.3 is 0 Å². The lowest BCUT2D eigenvalue weighted by Crippen LogP contribution is -2.54. The molecule has 54 heavy (non-hydrogen) atoms. The largest absolute Gasteiger partial charge is 0.294 e. The fourth-order valence-corrected chi connectivity index (χ4v) is 15.9. The minimum absolute atomic E-state index is 0.758. The number of hydrogen-bond donors (Lipinski definition) is 0. The predicted molar refractivity (Wildman–Crippen MR) is 232 cm³/mol. The molecule has 2 aliphatic heterocycles. The molecule has 9 unspecified atom stereocenters. The first-order valence-electron chi connectivity index (χ1n) is 25.8. The lowest BCUT2D eigenvalue weighted by Gasteiger charge is -2.51. The molecule has 308 valence electrons. The van der Waals surface area contributed by atoms with E-state index in [1.807, 2.05) is 5.57 Å². The molecule has 0 spiro atoms.